The molecule has 0 fully saturated rings. The average Bonchev–Trinajstić information content (AvgIpc) is 2.90. The minimum Gasteiger partial charge on any atom is -0.348 e. The van der Waals surface area contributed by atoms with E-state index in [0.717, 1.165) is 23.5 Å². The lowest BCUT2D eigenvalue weighted by atomic mass is 10.1. The highest BCUT2D eigenvalue weighted by Gasteiger charge is 2.11. The zero-order valence-electron chi connectivity index (χ0n) is 14.3. The van der Waals surface area contributed by atoms with Crippen LogP contribution in [0, 0.1) is 6.92 Å². The fourth-order valence-electron chi connectivity index (χ4n) is 2.17. The molecule has 0 saturated carbocycles. The Morgan fingerprint density at radius 1 is 1.27 bits per heavy atom. The maximum atomic E-state index is 12.1. The zero-order chi connectivity index (χ0) is 16.5. The number of imidazole rings is 1. The van der Waals surface area contributed by atoms with E-state index in [0.29, 0.717) is 6.54 Å². The average molecular weight is 301 g/mol. The van der Waals surface area contributed by atoms with E-state index in [-0.39, 0.29) is 11.9 Å². The Morgan fingerprint density at radius 2 is 1.91 bits per heavy atom. The minimum absolute atomic E-state index is 0.00417. The summed E-state index contributed by atoms with van der Waals surface area (Å²) in [6.45, 7) is 10.3. The molecule has 1 heterocycles. The molecule has 4 heteroatoms. The molecule has 0 aliphatic heterocycles. The zero-order valence-corrected chi connectivity index (χ0v) is 14.3. The van der Waals surface area contributed by atoms with Gasteiger partial charge in [0.15, 0.2) is 0 Å². The van der Waals surface area contributed by atoms with Gasteiger partial charge in [0.2, 0.25) is 5.91 Å². The lowest BCUT2D eigenvalue weighted by Gasteiger charge is -2.14. The summed E-state index contributed by atoms with van der Waals surface area (Å²) < 4.78 is 1.89. The Hall–Kier alpha value is -2.10. The minimum atomic E-state index is 0.00417. The van der Waals surface area contributed by atoms with Gasteiger partial charge in [-0.05, 0) is 25.8 Å². The third-order valence-corrected chi connectivity index (χ3v) is 3.38. The van der Waals surface area contributed by atoms with Gasteiger partial charge in [-0.25, -0.2) is 4.98 Å². The number of carbonyl (C=O) groups is 1. The highest BCUT2D eigenvalue weighted by molar-refractivity contribution is 5.76. The first kappa shape index (κ1) is 18.0. The molecule has 0 spiro atoms. The summed E-state index contributed by atoms with van der Waals surface area (Å²) in [6.07, 6.45) is 2.83. The molecule has 1 aromatic carbocycles. The maximum absolute atomic E-state index is 12.1. The van der Waals surface area contributed by atoms with Crippen LogP contribution in [0.5, 0.6) is 0 Å². The van der Waals surface area contributed by atoms with Gasteiger partial charge in [0.05, 0.1) is 11.7 Å². The van der Waals surface area contributed by atoms with E-state index in [1.54, 1.807) is 0 Å². The summed E-state index contributed by atoms with van der Waals surface area (Å²) in [5.74, 6) is 0.883. The van der Waals surface area contributed by atoms with Crippen LogP contribution in [0.1, 0.15) is 50.8 Å². The van der Waals surface area contributed by atoms with Crippen molar-refractivity contribution >= 4 is 5.91 Å². The van der Waals surface area contributed by atoms with Crippen molar-refractivity contribution in [2.45, 2.75) is 53.6 Å². The number of hydrogen-bond donors (Lipinski definition) is 1. The number of amides is 1. The molecule has 1 aromatic heterocycles. The maximum Gasteiger partial charge on any atom is 0.240 e. The summed E-state index contributed by atoms with van der Waals surface area (Å²) in [5, 5.41) is 3.01. The van der Waals surface area contributed by atoms with E-state index in [1.165, 1.54) is 0 Å². The van der Waals surface area contributed by atoms with Crippen LogP contribution in [-0.2, 0) is 17.8 Å². The number of hydrogen-bond acceptors (Lipinski definition) is 2. The fraction of sp³-hybridized carbons (Fsp3) is 0.444. The van der Waals surface area contributed by atoms with Crippen LogP contribution in [0.2, 0.25) is 0 Å². The van der Waals surface area contributed by atoms with Crippen LogP contribution in [-0.4, -0.2) is 15.5 Å². The third-order valence-electron chi connectivity index (χ3n) is 3.38. The molecule has 4 nitrogen and oxygen atoms in total. The van der Waals surface area contributed by atoms with Gasteiger partial charge < -0.3 is 9.88 Å². The number of aromatic nitrogens is 2. The van der Waals surface area contributed by atoms with Crippen molar-refractivity contribution in [2.75, 3.05) is 0 Å². The number of carbonyl (C=O) groups excluding carboxylic acids is 1. The predicted octanol–water partition coefficient (Wildman–Crippen LogP) is 3.66. The largest absolute Gasteiger partial charge is 0.348 e. The van der Waals surface area contributed by atoms with Gasteiger partial charge in [0.25, 0.3) is 0 Å². The van der Waals surface area contributed by atoms with Gasteiger partial charge in [-0.3, -0.25) is 4.79 Å². The molecule has 0 aliphatic rings. The summed E-state index contributed by atoms with van der Waals surface area (Å²) in [6, 6.07) is 9.97. The SMILES string of the molecule is CC.CCc1cn(CC(=O)N[C@@H](C)c2ccccc2)c(C)n1. The molecule has 2 rings (SSSR count). The molecule has 1 amide bonds. The van der Waals surface area contributed by atoms with Crippen molar-refractivity contribution < 1.29 is 4.79 Å². The fourth-order valence-corrected chi connectivity index (χ4v) is 2.17. The second-order valence-electron chi connectivity index (χ2n) is 4.96. The van der Waals surface area contributed by atoms with Crippen molar-refractivity contribution in [2.24, 2.45) is 0 Å². The number of nitrogens with one attached hydrogen (secondary N) is 1. The van der Waals surface area contributed by atoms with Crippen LogP contribution in [0.15, 0.2) is 36.5 Å². The number of nitrogens with zero attached hydrogens (tertiary/aromatic N) is 2. The molecule has 120 valence electrons. The van der Waals surface area contributed by atoms with Crippen molar-refractivity contribution in [1.29, 1.82) is 0 Å². The topological polar surface area (TPSA) is 46.9 Å². The molecule has 22 heavy (non-hydrogen) atoms. The Labute approximate surface area is 133 Å². The smallest absolute Gasteiger partial charge is 0.240 e. The van der Waals surface area contributed by atoms with Crippen LogP contribution in [0.4, 0.5) is 0 Å². The van der Waals surface area contributed by atoms with Gasteiger partial charge in [0.1, 0.15) is 12.4 Å². The molecule has 0 radical (unpaired) electrons. The van der Waals surface area contributed by atoms with E-state index in [4.69, 9.17) is 0 Å². The van der Waals surface area contributed by atoms with Gasteiger partial charge in [-0.2, -0.15) is 0 Å². The van der Waals surface area contributed by atoms with E-state index < -0.39 is 0 Å². The normalized spacial score (nSPS) is 11.3. The highest BCUT2D eigenvalue weighted by Crippen LogP contribution is 2.11. The number of aryl methyl sites for hydroxylation is 2. The Kier molecular flexibility index (Phi) is 7.37. The standard InChI is InChI=1S/C16H21N3O.C2H6/c1-4-15-10-19(13(3)18-15)11-16(20)17-12(2)14-8-6-5-7-9-14;1-2/h5-10,12H,4,11H2,1-3H3,(H,17,20);1-2H3/t12-;/m0./s1. The molecular formula is C18H27N3O. The third kappa shape index (κ3) is 5.02. The molecule has 2 aromatic rings. The lowest BCUT2D eigenvalue weighted by molar-refractivity contribution is -0.122. The molecule has 0 unspecified atom stereocenters. The lowest BCUT2D eigenvalue weighted by Crippen LogP contribution is -2.30. The van der Waals surface area contributed by atoms with Gasteiger partial charge >= 0.3 is 0 Å². The van der Waals surface area contributed by atoms with E-state index in [1.807, 2.05) is 68.8 Å². The van der Waals surface area contributed by atoms with Crippen LogP contribution in [0.3, 0.4) is 0 Å². The number of benzene rings is 1. The molecule has 1 N–H and O–H groups in total. The Bertz CT molecular complexity index is 575. The Morgan fingerprint density at radius 3 is 2.45 bits per heavy atom. The molecule has 1 atom stereocenters. The van der Waals surface area contributed by atoms with Gasteiger partial charge in [-0.15, -0.1) is 0 Å². The Balaban J connectivity index is 0.00000116. The molecule has 0 aliphatic carbocycles. The second kappa shape index (κ2) is 9.03. The first-order chi connectivity index (χ1) is 10.6. The second-order valence-corrected chi connectivity index (χ2v) is 4.96. The van der Waals surface area contributed by atoms with Crippen molar-refractivity contribution in [1.82, 2.24) is 14.9 Å². The quantitative estimate of drug-likeness (QED) is 0.916. The number of rotatable bonds is 5. The van der Waals surface area contributed by atoms with Gasteiger partial charge in [0, 0.05) is 6.20 Å². The molecular weight excluding hydrogens is 274 g/mol. The summed E-state index contributed by atoms with van der Waals surface area (Å²) in [4.78, 5) is 16.5. The van der Waals surface area contributed by atoms with Gasteiger partial charge in [-0.1, -0.05) is 51.1 Å². The van der Waals surface area contributed by atoms with Crippen molar-refractivity contribution in [3.63, 3.8) is 0 Å². The molecule has 0 saturated heterocycles. The van der Waals surface area contributed by atoms with Crippen molar-refractivity contribution in [3.8, 4) is 0 Å². The van der Waals surface area contributed by atoms with Crippen LogP contribution in [0.25, 0.3) is 0 Å². The van der Waals surface area contributed by atoms with Crippen molar-refractivity contribution in [3.05, 3.63) is 53.6 Å². The van der Waals surface area contributed by atoms with Crippen LogP contribution >= 0.6 is 0 Å². The van der Waals surface area contributed by atoms with Crippen LogP contribution < -0.4 is 5.32 Å². The monoisotopic (exact) mass is 301 g/mol. The van der Waals surface area contributed by atoms with E-state index >= 15 is 0 Å². The predicted molar refractivity (Wildman–Crippen MR) is 90.7 cm³/mol. The highest BCUT2D eigenvalue weighted by atomic mass is 16.2. The first-order valence-electron chi connectivity index (χ1n) is 7.97. The summed E-state index contributed by atoms with van der Waals surface area (Å²) in [7, 11) is 0. The first-order valence-corrected chi connectivity index (χ1v) is 7.97. The summed E-state index contributed by atoms with van der Waals surface area (Å²) >= 11 is 0. The van der Waals surface area contributed by atoms with E-state index in [9.17, 15) is 4.79 Å². The van der Waals surface area contributed by atoms with E-state index in [2.05, 4.69) is 17.2 Å². The summed E-state index contributed by atoms with van der Waals surface area (Å²) in [5.41, 5.74) is 2.13. The molecule has 0 bridgehead atoms.